The third kappa shape index (κ3) is 4.06. The molecule has 0 amide bonds. The molecule has 0 spiro atoms. The largest absolute Gasteiger partial charge is 0.422 e. The molecule has 38 valence electrons. The summed E-state index contributed by atoms with van der Waals surface area (Å²) in [7, 11) is -6.91. The fraction of sp³-hybridized carbons (Fsp3) is 0. The molecule has 0 atom stereocenters. The summed E-state index contributed by atoms with van der Waals surface area (Å²) in [6, 6.07) is 0. The van der Waals surface area contributed by atoms with Gasteiger partial charge in [-0.1, -0.05) is 0 Å². The molecule has 0 saturated heterocycles. The fourth-order valence-corrected chi connectivity index (χ4v) is 0. The van der Waals surface area contributed by atoms with Crippen LogP contribution in [0.15, 0.2) is 0 Å². The van der Waals surface area contributed by atoms with E-state index in [1.54, 1.807) is 0 Å². The molecule has 0 aromatic heterocycles. The van der Waals surface area contributed by atoms with Gasteiger partial charge in [0.05, 0.1) is 0 Å². The van der Waals surface area contributed by atoms with Gasteiger partial charge < -0.3 is 4.80 Å². The SMILES string of the molecule is O=S(=O)(F)[SiH2]O. The smallest absolute Gasteiger partial charge is 0.335 e. The molecule has 3 nitrogen and oxygen atoms in total. The predicted octanol–water partition coefficient (Wildman–Crippen LogP) is -1.72. The van der Waals surface area contributed by atoms with Crippen LogP contribution in [0.3, 0.4) is 0 Å². The van der Waals surface area contributed by atoms with Crippen molar-refractivity contribution in [3.63, 3.8) is 0 Å². The van der Waals surface area contributed by atoms with E-state index >= 15 is 0 Å². The zero-order chi connectivity index (χ0) is 5.21. The van der Waals surface area contributed by atoms with Gasteiger partial charge in [-0.25, -0.2) is 8.42 Å². The first-order valence-electron chi connectivity index (χ1n) is 1.09. The lowest BCUT2D eigenvalue weighted by atomic mass is 15.9. The summed E-state index contributed by atoms with van der Waals surface area (Å²) in [5.74, 6) is 0. The average molecular weight is 130 g/mol. The Bertz CT molecular complexity index is 113. The minimum atomic E-state index is -4.47. The van der Waals surface area contributed by atoms with Crippen LogP contribution in [0, 0.1) is 0 Å². The van der Waals surface area contributed by atoms with Crippen LogP contribution in [0.1, 0.15) is 0 Å². The van der Waals surface area contributed by atoms with E-state index in [0.29, 0.717) is 0 Å². The van der Waals surface area contributed by atoms with Gasteiger partial charge in [-0.05, 0) is 0 Å². The van der Waals surface area contributed by atoms with Crippen LogP contribution in [-0.2, 0) is 9.67 Å². The monoisotopic (exact) mass is 130 g/mol. The van der Waals surface area contributed by atoms with Crippen molar-refractivity contribution >= 4 is 18.6 Å². The van der Waals surface area contributed by atoms with Crippen molar-refractivity contribution in [2.75, 3.05) is 0 Å². The fourth-order valence-electron chi connectivity index (χ4n) is 0. The van der Waals surface area contributed by atoms with Crippen molar-refractivity contribution in [1.82, 2.24) is 0 Å². The van der Waals surface area contributed by atoms with Crippen LogP contribution in [0.5, 0.6) is 0 Å². The van der Waals surface area contributed by atoms with Crippen LogP contribution >= 0.6 is 0 Å². The minimum Gasteiger partial charge on any atom is -0.422 e. The molecule has 0 rings (SSSR count). The van der Waals surface area contributed by atoms with Gasteiger partial charge in [-0.3, -0.25) is 0 Å². The molecular weight excluding hydrogens is 127 g/mol. The van der Waals surface area contributed by atoms with E-state index in [-0.39, 0.29) is 0 Å². The Morgan fingerprint density at radius 3 is 1.83 bits per heavy atom. The first-order valence-corrected chi connectivity index (χ1v) is 5.01. The second kappa shape index (κ2) is 1.67. The van der Waals surface area contributed by atoms with Gasteiger partial charge in [0.25, 0.3) is 9.67 Å². The molecule has 0 aliphatic carbocycles. The Morgan fingerprint density at radius 2 is 1.83 bits per heavy atom. The zero-order valence-corrected chi connectivity index (χ0v) is 4.99. The lowest BCUT2D eigenvalue weighted by Gasteiger charge is -1.74. The maximum atomic E-state index is 10.9. The molecule has 0 aliphatic rings. The van der Waals surface area contributed by atoms with Gasteiger partial charge >= 0.3 is 8.91 Å². The molecule has 0 heterocycles. The first kappa shape index (κ1) is 6.06. The van der Waals surface area contributed by atoms with Gasteiger partial charge in [0.1, 0.15) is 0 Å². The lowest BCUT2D eigenvalue weighted by molar-refractivity contribution is 0.550. The van der Waals surface area contributed by atoms with Gasteiger partial charge in [0, 0.05) is 0 Å². The molecule has 6 heavy (non-hydrogen) atoms. The normalized spacial score (nSPS) is 13.7. The molecule has 0 bridgehead atoms. The van der Waals surface area contributed by atoms with Crippen LogP contribution in [-0.4, -0.2) is 22.1 Å². The van der Waals surface area contributed by atoms with E-state index in [4.69, 9.17) is 13.2 Å². The second-order valence-corrected chi connectivity index (χ2v) is 4.85. The summed E-state index contributed by atoms with van der Waals surface area (Å²) in [6.07, 6.45) is 0. The van der Waals surface area contributed by atoms with Crippen molar-refractivity contribution in [3.05, 3.63) is 0 Å². The Labute approximate surface area is 36.6 Å². The second-order valence-electron chi connectivity index (χ2n) is 0.668. The summed E-state index contributed by atoms with van der Waals surface area (Å²) in [5.41, 5.74) is 0. The third-order valence-electron chi connectivity index (χ3n) is 0.154. The van der Waals surface area contributed by atoms with Crippen LogP contribution in [0.4, 0.5) is 3.89 Å². The molecular formula is H3FO3SSi. The molecule has 0 unspecified atom stereocenters. The first-order chi connectivity index (χ1) is 2.56. The zero-order valence-electron chi connectivity index (χ0n) is 2.76. The molecule has 0 aromatic carbocycles. The summed E-state index contributed by atoms with van der Waals surface area (Å²) < 4.78 is 29.2. The Hall–Kier alpha value is 0.0569. The molecule has 0 saturated carbocycles. The van der Waals surface area contributed by atoms with E-state index in [0.717, 1.165) is 0 Å². The molecule has 6 heteroatoms. The highest BCUT2D eigenvalue weighted by atomic mass is 32.4. The van der Waals surface area contributed by atoms with Crippen molar-refractivity contribution in [3.8, 4) is 0 Å². The van der Waals surface area contributed by atoms with E-state index in [1.807, 2.05) is 0 Å². The van der Waals surface area contributed by atoms with Crippen molar-refractivity contribution < 1.29 is 17.1 Å². The summed E-state index contributed by atoms with van der Waals surface area (Å²) in [5, 5.41) is 0. The van der Waals surface area contributed by atoms with E-state index < -0.39 is 18.6 Å². The van der Waals surface area contributed by atoms with E-state index in [2.05, 4.69) is 0 Å². The maximum Gasteiger partial charge on any atom is 0.335 e. The Balaban J connectivity index is 3.85. The molecule has 0 aliphatic heterocycles. The number of rotatable bonds is 1. The molecule has 0 fully saturated rings. The topological polar surface area (TPSA) is 54.4 Å². The number of hydrogen-bond donors (Lipinski definition) is 1. The highest BCUT2D eigenvalue weighted by Crippen LogP contribution is 1.79. The van der Waals surface area contributed by atoms with Crippen LogP contribution in [0.25, 0.3) is 0 Å². The highest BCUT2D eigenvalue weighted by molar-refractivity contribution is 8.10. The maximum absolute atomic E-state index is 10.9. The Kier molecular flexibility index (Phi) is 1.69. The predicted molar refractivity (Wildman–Crippen MR) is 20.8 cm³/mol. The third-order valence-corrected chi connectivity index (χ3v) is 1.39. The quantitative estimate of drug-likeness (QED) is 0.339. The van der Waals surface area contributed by atoms with Gasteiger partial charge in [-0.2, -0.15) is 0 Å². The lowest BCUT2D eigenvalue weighted by Crippen LogP contribution is -1.99. The van der Waals surface area contributed by atoms with Gasteiger partial charge in [0.15, 0.2) is 0 Å². The number of hydrogen-bond acceptors (Lipinski definition) is 3. The Morgan fingerprint density at radius 1 is 1.67 bits per heavy atom. The van der Waals surface area contributed by atoms with Crippen molar-refractivity contribution in [2.45, 2.75) is 0 Å². The summed E-state index contributed by atoms with van der Waals surface area (Å²) >= 11 is 0. The van der Waals surface area contributed by atoms with Gasteiger partial charge in [-0.15, -0.1) is 3.89 Å². The highest BCUT2D eigenvalue weighted by Gasteiger charge is 2.01. The van der Waals surface area contributed by atoms with Crippen LogP contribution in [0.2, 0.25) is 0 Å². The molecule has 0 aromatic rings. The van der Waals surface area contributed by atoms with Crippen LogP contribution < -0.4 is 0 Å². The summed E-state index contributed by atoms with van der Waals surface area (Å²) in [6.45, 7) is 0. The summed E-state index contributed by atoms with van der Waals surface area (Å²) in [4.78, 5) is 7.58. The minimum absolute atomic E-state index is 2.44. The van der Waals surface area contributed by atoms with E-state index in [9.17, 15) is 3.89 Å². The van der Waals surface area contributed by atoms with Crippen molar-refractivity contribution in [2.24, 2.45) is 0 Å². The standard InChI is InChI=1S/FH3O3SSi/c1-5(2,3)6-4/h4H,6H2. The molecule has 1 N–H and O–H groups in total. The number of halogens is 1. The van der Waals surface area contributed by atoms with Crippen molar-refractivity contribution in [1.29, 1.82) is 0 Å². The van der Waals surface area contributed by atoms with E-state index in [1.165, 1.54) is 0 Å². The molecule has 0 radical (unpaired) electrons. The van der Waals surface area contributed by atoms with Gasteiger partial charge in [0.2, 0.25) is 0 Å². The average Bonchev–Trinajstić information content (AvgIpc) is 1.35.